The second-order valence-corrected chi connectivity index (χ2v) is 10.3. The van der Waals surface area contributed by atoms with Gasteiger partial charge in [-0.3, -0.25) is 8.75 Å². The van der Waals surface area contributed by atoms with E-state index in [4.69, 9.17) is 8.92 Å². The summed E-state index contributed by atoms with van der Waals surface area (Å²) in [7, 11) is -3.62. The Bertz CT molecular complexity index is 1420. The molecular formula is C23H22N2O6S. The second-order valence-electron chi connectivity index (χ2n) is 8.63. The average molecular weight is 455 g/mol. The van der Waals surface area contributed by atoms with Crippen LogP contribution in [0.3, 0.4) is 0 Å². The lowest BCUT2D eigenvalue weighted by Gasteiger charge is -2.26. The van der Waals surface area contributed by atoms with Gasteiger partial charge in [-0.05, 0) is 31.9 Å². The van der Waals surface area contributed by atoms with E-state index in [1.807, 2.05) is 31.2 Å². The molecule has 0 spiro atoms. The smallest absolute Gasteiger partial charge is 0.264 e. The Hall–Kier alpha value is -3.06. The Morgan fingerprint density at radius 3 is 2.50 bits per heavy atom. The first kappa shape index (κ1) is 20.8. The molecule has 2 unspecified atom stereocenters. The van der Waals surface area contributed by atoms with Gasteiger partial charge in [0, 0.05) is 17.2 Å². The topological polar surface area (TPSA) is 122 Å². The summed E-state index contributed by atoms with van der Waals surface area (Å²) >= 11 is 0. The fourth-order valence-electron chi connectivity index (χ4n) is 5.27. The van der Waals surface area contributed by atoms with E-state index in [0.29, 0.717) is 46.0 Å². The highest BCUT2D eigenvalue weighted by molar-refractivity contribution is 7.85. The van der Waals surface area contributed by atoms with Gasteiger partial charge in [-0.2, -0.15) is 13.7 Å². The van der Waals surface area contributed by atoms with E-state index in [1.165, 1.54) is 4.57 Å². The summed E-state index contributed by atoms with van der Waals surface area (Å²) in [6, 6.07) is 12.8. The highest BCUT2D eigenvalue weighted by atomic mass is 32.2. The molecule has 2 bridgehead atoms. The molecule has 0 amide bonds. The van der Waals surface area contributed by atoms with Gasteiger partial charge < -0.3 is 14.9 Å². The molecule has 3 aromatic rings. The van der Waals surface area contributed by atoms with Gasteiger partial charge in [-0.1, -0.05) is 24.3 Å². The molecule has 8 nitrogen and oxygen atoms in total. The van der Waals surface area contributed by atoms with Gasteiger partial charge in [-0.25, -0.2) is 0 Å². The lowest BCUT2D eigenvalue weighted by molar-refractivity contribution is -0.0873. The Kier molecular flexibility index (Phi) is 4.37. The standard InChI is InChI=1S/C23H22N2O6S/c1-22-9-10-23(31-22,11-12-30-32(2,28)29)19-18(22)20(26)25(21(19)27)17-8-7-14(13-24)15-5-3-4-6-16(15)17/h3-8,26-27H,9-12H2,1-2H3. The minimum absolute atomic E-state index is 0.0977. The van der Waals surface area contributed by atoms with Crippen LogP contribution in [0.2, 0.25) is 0 Å². The summed E-state index contributed by atoms with van der Waals surface area (Å²) in [4.78, 5) is 0. The van der Waals surface area contributed by atoms with E-state index in [0.717, 1.165) is 6.26 Å². The van der Waals surface area contributed by atoms with Crippen molar-refractivity contribution in [1.82, 2.24) is 4.57 Å². The number of fused-ring (bicyclic) bond motifs is 6. The van der Waals surface area contributed by atoms with Gasteiger partial charge >= 0.3 is 0 Å². The van der Waals surface area contributed by atoms with Crippen molar-refractivity contribution in [3.63, 3.8) is 0 Å². The fourth-order valence-corrected chi connectivity index (χ4v) is 5.65. The second kappa shape index (κ2) is 6.72. The number of aromatic nitrogens is 1. The monoisotopic (exact) mass is 454 g/mol. The van der Waals surface area contributed by atoms with Gasteiger partial charge in [0.25, 0.3) is 10.1 Å². The van der Waals surface area contributed by atoms with E-state index in [1.54, 1.807) is 12.1 Å². The van der Waals surface area contributed by atoms with Crippen molar-refractivity contribution in [2.45, 2.75) is 37.4 Å². The largest absolute Gasteiger partial charge is 0.494 e. The number of ether oxygens (including phenoxy) is 1. The van der Waals surface area contributed by atoms with Crippen LogP contribution in [0.1, 0.15) is 42.9 Å². The summed E-state index contributed by atoms with van der Waals surface area (Å²) in [5.41, 5.74) is 0.241. The molecule has 0 saturated carbocycles. The van der Waals surface area contributed by atoms with Crippen molar-refractivity contribution in [1.29, 1.82) is 5.26 Å². The summed E-state index contributed by atoms with van der Waals surface area (Å²) in [5, 5.41) is 33.5. The minimum Gasteiger partial charge on any atom is -0.494 e. The third-order valence-corrected chi connectivity index (χ3v) is 7.19. The molecular weight excluding hydrogens is 432 g/mol. The molecule has 32 heavy (non-hydrogen) atoms. The number of benzene rings is 2. The van der Waals surface area contributed by atoms with Crippen LogP contribution in [-0.2, 0) is 30.2 Å². The Balaban J connectivity index is 1.69. The molecule has 2 N–H and O–H groups in total. The Morgan fingerprint density at radius 1 is 1.12 bits per heavy atom. The van der Waals surface area contributed by atoms with Crippen LogP contribution >= 0.6 is 0 Å². The number of hydrogen-bond donors (Lipinski definition) is 2. The summed E-state index contributed by atoms with van der Waals surface area (Å²) in [5.74, 6) is -0.282. The molecule has 1 aromatic heterocycles. The highest BCUT2D eigenvalue weighted by Gasteiger charge is 2.61. The predicted octanol–water partition coefficient (Wildman–Crippen LogP) is 3.51. The van der Waals surface area contributed by atoms with Crippen molar-refractivity contribution in [2.24, 2.45) is 0 Å². The zero-order valence-electron chi connectivity index (χ0n) is 17.6. The van der Waals surface area contributed by atoms with Gasteiger partial charge in [0.1, 0.15) is 5.60 Å². The number of nitriles is 1. The van der Waals surface area contributed by atoms with Crippen LogP contribution in [0.25, 0.3) is 16.5 Å². The molecule has 1 fully saturated rings. The minimum atomic E-state index is -3.62. The first-order valence-corrected chi connectivity index (χ1v) is 12.1. The predicted molar refractivity (Wildman–Crippen MR) is 116 cm³/mol. The summed E-state index contributed by atoms with van der Waals surface area (Å²) in [6.45, 7) is 1.76. The zero-order chi connectivity index (χ0) is 22.9. The zero-order valence-corrected chi connectivity index (χ0v) is 18.4. The number of nitrogens with zero attached hydrogens (tertiary/aromatic N) is 2. The highest BCUT2D eigenvalue weighted by Crippen LogP contribution is 2.65. The lowest BCUT2D eigenvalue weighted by atomic mass is 9.78. The third-order valence-electron chi connectivity index (χ3n) is 6.60. The Morgan fingerprint density at radius 2 is 1.81 bits per heavy atom. The van der Waals surface area contributed by atoms with Crippen molar-refractivity contribution >= 4 is 20.9 Å². The first-order valence-electron chi connectivity index (χ1n) is 10.2. The molecule has 3 heterocycles. The molecule has 2 aromatic carbocycles. The van der Waals surface area contributed by atoms with E-state index in [9.17, 15) is 23.9 Å². The van der Waals surface area contributed by atoms with Crippen molar-refractivity contribution in [2.75, 3.05) is 12.9 Å². The maximum atomic E-state index is 11.4. The lowest BCUT2D eigenvalue weighted by Crippen LogP contribution is -2.25. The number of aromatic hydroxyl groups is 2. The van der Waals surface area contributed by atoms with Crippen LogP contribution in [-0.4, -0.2) is 36.1 Å². The van der Waals surface area contributed by atoms with E-state index in [-0.39, 0.29) is 24.8 Å². The molecule has 2 aliphatic heterocycles. The van der Waals surface area contributed by atoms with E-state index >= 15 is 0 Å². The van der Waals surface area contributed by atoms with Crippen LogP contribution in [0.4, 0.5) is 0 Å². The van der Waals surface area contributed by atoms with Crippen molar-refractivity contribution in [3.05, 3.63) is 53.1 Å². The number of hydrogen-bond acceptors (Lipinski definition) is 7. The van der Waals surface area contributed by atoms with Gasteiger partial charge in [0.2, 0.25) is 11.8 Å². The fraction of sp³-hybridized carbons (Fsp3) is 0.348. The summed E-state index contributed by atoms with van der Waals surface area (Å²) < 4.78 is 35.5. The van der Waals surface area contributed by atoms with E-state index in [2.05, 4.69) is 6.07 Å². The molecule has 0 radical (unpaired) electrons. The molecule has 2 atom stereocenters. The normalized spacial score (nSPS) is 24.0. The van der Waals surface area contributed by atoms with Crippen molar-refractivity contribution in [3.8, 4) is 23.5 Å². The molecule has 0 aliphatic carbocycles. The molecule has 5 rings (SSSR count). The Labute approximate surface area is 185 Å². The van der Waals surface area contributed by atoms with Crippen molar-refractivity contribution < 1.29 is 27.6 Å². The van der Waals surface area contributed by atoms with Gasteiger partial charge in [0.15, 0.2) is 0 Å². The summed E-state index contributed by atoms with van der Waals surface area (Å²) in [6.07, 6.45) is 2.38. The molecule has 2 aliphatic rings. The van der Waals surface area contributed by atoms with Gasteiger partial charge in [0.05, 0.1) is 46.9 Å². The van der Waals surface area contributed by atoms with E-state index < -0.39 is 21.3 Å². The average Bonchev–Trinajstić information content (AvgIpc) is 3.31. The van der Waals surface area contributed by atoms with Gasteiger partial charge in [-0.15, -0.1) is 0 Å². The first-order chi connectivity index (χ1) is 15.1. The number of rotatable bonds is 5. The maximum Gasteiger partial charge on any atom is 0.264 e. The third kappa shape index (κ3) is 2.84. The van der Waals surface area contributed by atoms with Crippen LogP contribution in [0.5, 0.6) is 11.8 Å². The SMILES string of the molecule is CC12CCC(CCOS(C)(=O)=O)(O1)c1c2c(O)n(-c2ccc(C#N)c3ccccc23)c1O. The molecule has 9 heteroatoms. The van der Waals surface area contributed by atoms with Crippen LogP contribution in [0.15, 0.2) is 36.4 Å². The quantitative estimate of drug-likeness (QED) is 0.566. The molecule has 166 valence electrons. The maximum absolute atomic E-state index is 11.4. The van der Waals surface area contributed by atoms with Crippen LogP contribution < -0.4 is 0 Å². The molecule has 1 saturated heterocycles. The van der Waals surface area contributed by atoms with Crippen LogP contribution in [0, 0.1) is 11.3 Å².